The third kappa shape index (κ3) is 7.06. The lowest BCUT2D eigenvalue weighted by Crippen LogP contribution is -2.22. The van der Waals surface area contributed by atoms with Crippen molar-refractivity contribution in [3.8, 4) is 0 Å². The summed E-state index contributed by atoms with van der Waals surface area (Å²) in [5, 5.41) is 0. The molecule has 0 unspecified atom stereocenters. The average Bonchev–Trinajstić information content (AvgIpc) is 2.50. The lowest BCUT2D eigenvalue weighted by Gasteiger charge is -2.21. The van der Waals surface area contributed by atoms with Crippen LogP contribution in [0.3, 0.4) is 0 Å². The van der Waals surface area contributed by atoms with Gasteiger partial charge in [0.15, 0.2) is 0 Å². The first kappa shape index (κ1) is 17.4. The standard InChI is InChI=1S/C17H24O4/c1-4-20-17(18)11-10-16(14(2)21-13-19-3)12-15-8-6-5-7-9-15/h5-11,14,16H,4,12-13H2,1-3H3/b11-10+/t14-,16-/m1/s1. The molecule has 0 saturated heterocycles. The van der Waals surface area contributed by atoms with Crippen LogP contribution in [0.2, 0.25) is 0 Å². The molecule has 1 aromatic rings. The van der Waals surface area contributed by atoms with Gasteiger partial charge in [-0.05, 0) is 25.8 Å². The molecule has 0 saturated carbocycles. The number of ether oxygens (including phenoxy) is 3. The largest absolute Gasteiger partial charge is 0.463 e. The minimum absolute atomic E-state index is 0.0594. The van der Waals surface area contributed by atoms with Crippen LogP contribution in [0.15, 0.2) is 42.5 Å². The van der Waals surface area contributed by atoms with Crippen molar-refractivity contribution >= 4 is 5.97 Å². The van der Waals surface area contributed by atoms with E-state index in [4.69, 9.17) is 14.2 Å². The fraction of sp³-hybridized carbons (Fsp3) is 0.471. The molecule has 2 atom stereocenters. The number of esters is 1. The summed E-state index contributed by atoms with van der Waals surface area (Å²) in [5.41, 5.74) is 1.20. The maximum Gasteiger partial charge on any atom is 0.330 e. The normalized spacial score (nSPS) is 14.0. The summed E-state index contributed by atoms with van der Waals surface area (Å²) < 4.78 is 15.4. The molecule has 0 aromatic heterocycles. The summed E-state index contributed by atoms with van der Waals surface area (Å²) in [6.45, 7) is 4.38. The summed E-state index contributed by atoms with van der Waals surface area (Å²) in [6.07, 6.45) is 4.06. The molecule has 4 nitrogen and oxygen atoms in total. The molecule has 0 spiro atoms. The molecular formula is C17H24O4. The van der Waals surface area contributed by atoms with Crippen LogP contribution < -0.4 is 0 Å². The minimum Gasteiger partial charge on any atom is -0.463 e. The van der Waals surface area contributed by atoms with Gasteiger partial charge in [-0.3, -0.25) is 0 Å². The van der Waals surface area contributed by atoms with E-state index in [9.17, 15) is 4.79 Å². The highest BCUT2D eigenvalue weighted by atomic mass is 16.7. The van der Waals surface area contributed by atoms with E-state index in [0.717, 1.165) is 6.42 Å². The van der Waals surface area contributed by atoms with Crippen molar-refractivity contribution in [2.24, 2.45) is 5.92 Å². The maximum atomic E-state index is 11.5. The Morgan fingerprint density at radius 1 is 1.29 bits per heavy atom. The van der Waals surface area contributed by atoms with Crippen molar-refractivity contribution in [3.63, 3.8) is 0 Å². The van der Waals surface area contributed by atoms with E-state index in [1.54, 1.807) is 14.0 Å². The first-order chi connectivity index (χ1) is 10.2. The molecule has 0 amide bonds. The van der Waals surface area contributed by atoms with E-state index in [1.165, 1.54) is 11.6 Å². The van der Waals surface area contributed by atoms with Crippen molar-refractivity contribution in [3.05, 3.63) is 48.0 Å². The van der Waals surface area contributed by atoms with Gasteiger partial charge in [-0.25, -0.2) is 4.79 Å². The Kier molecular flexibility index (Phi) is 8.40. The summed E-state index contributed by atoms with van der Waals surface area (Å²) >= 11 is 0. The highest BCUT2D eigenvalue weighted by Crippen LogP contribution is 2.17. The maximum absolute atomic E-state index is 11.5. The molecule has 116 valence electrons. The van der Waals surface area contributed by atoms with Crippen molar-refractivity contribution < 1.29 is 19.0 Å². The number of hydrogen-bond donors (Lipinski definition) is 0. The zero-order chi connectivity index (χ0) is 15.5. The van der Waals surface area contributed by atoms with Gasteiger partial charge in [-0.2, -0.15) is 0 Å². The predicted octanol–water partition coefficient (Wildman–Crippen LogP) is 2.97. The van der Waals surface area contributed by atoms with Gasteiger partial charge in [0.1, 0.15) is 6.79 Å². The number of carbonyl (C=O) groups excluding carboxylic acids is 1. The molecule has 21 heavy (non-hydrogen) atoms. The topological polar surface area (TPSA) is 44.8 Å². The highest BCUT2D eigenvalue weighted by Gasteiger charge is 2.16. The Bertz CT molecular complexity index is 428. The van der Waals surface area contributed by atoms with Crippen LogP contribution in [-0.2, 0) is 25.4 Å². The zero-order valence-electron chi connectivity index (χ0n) is 13.0. The van der Waals surface area contributed by atoms with Crippen LogP contribution in [0, 0.1) is 5.92 Å². The second kappa shape index (κ2) is 10.1. The third-order valence-corrected chi connectivity index (χ3v) is 3.13. The van der Waals surface area contributed by atoms with Crippen molar-refractivity contribution in [2.75, 3.05) is 20.5 Å². The summed E-state index contributed by atoms with van der Waals surface area (Å²) in [7, 11) is 1.59. The number of hydrogen-bond acceptors (Lipinski definition) is 4. The number of methoxy groups -OCH3 is 1. The van der Waals surface area contributed by atoms with Crippen molar-refractivity contribution in [1.29, 1.82) is 0 Å². The van der Waals surface area contributed by atoms with Gasteiger partial charge in [0.2, 0.25) is 0 Å². The van der Waals surface area contributed by atoms with E-state index < -0.39 is 0 Å². The summed E-state index contributed by atoms with van der Waals surface area (Å²) in [6, 6.07) is 10.1. The lowest BCUT2D eigenvalue weighted by atomic mass is 9.94. The highest BCUT2D eigenvalue weighted by molar-refractivity contribution is 5.81. The van der Waals surface area contributed by atoms with Crippen molar-refractivity contribution in [2.45, 2.75) is 26.4 Å². The fourth-order valence-corrected chi connectivity index (χ4v) is 1.97. The third-order valence-electron chi connectivity index (χ3n) is 3.13. The van der Waals surface area contributed by atoms with Gasteiger partial charge in [0, 0.05) is 19.1 Å². The van der Waals surface area contributed by atoms with Crippen LogP contribution in [-0.4, -0.2) is 32.6 Å². The number of carbonyl (C=O) groups is 1. The average molecular weight is 292 g/mol. The van der Waals surface area contributed by atoms with E-state index in [0.29, 0.717) is 6.61 Å². The number of rotatable bonds is 9. The second-order valence-corrected chi connectivity index (χ2v) is 4.74. The molecular weight excluding hydrogens is 268 g/mol. The summed E-state index contributed by atoms with van der Waals surface area (Å²) in [5.74, 6) is -0.249. The first-order valence-electron chi connectivity index (χ1n) is 7.16. The molecule has 4 heteroatoms. The SMILES string of the molecule is CCOC(=O)/C=C/[C@H](Cc1ccccc1)[C@@H](C)OCOC. The Balaban J connectivity index is 2.71. The van der Waals surface area contributed by atoms with E-state index in [-0.39, 0.29) is 24.8 Å². The Morgan fingerprint density at radius 2 is 2.00 bits per heavy atom. The molecule has 0 heterocycles. The van der Waals surface area contributed by atoms with Crippen LogP contribution >= 0.6 is 0 Å². The predicted molar refractivity (Wildman–Crippen MR) is 81.8 cm³/mol. The molecule has 1 aromatic carbocycles. The van der Waals surface area contributed by atoms with Crippen molar-refractivity contribution in [1.82, 2.24) is 0 Å². The van der Waals surface area contributed by atoms with Gasteiger partial charge in [-0.15, -0.1) is 0 Å². The smallest absolute Gasteiger partial charge is 0.330 e. The zero-order valence-corrected chi connectivity index (χ0v) is 13.0. The quantitative estimate of drug-likeness (QED) is 0.399. The Labute approximate surface area is 126 Å². The van der Waals surface area contributed by atoms with Crippen LogP contribution in [0.1, 0.15) is 19.4 Å². The molecule has 0 N–H and O–H groups in total. The van der Waals surface area contributed by atoms with Gasteiger partial charge in [0.05, 0.1) is 12.7 Å². The lowest BCUT2D eigenvalue weighted by molar-refractivity contribution is -0.137. The molecule has 0 aliphatic rings. The molecule has 0 aliphatic heterocycles. The molecule has 0 radical (unpaired) electrons. The molecule has 0 bridgehead atoms. The second-order valence-electron chi connectivity index (χ2n) is 4.74. The molecule has 0 fully saturated rings. The Hall–Kier alpha value is -1.65. The van der Waals surface area contributed by atoms with E-state index in [1.807, 2.05) is 31.2 Å². The Morgan fingerprint density at radius 3 is 2.62 bits per heavy atom. The number of benzene rings is 1. The van der Waals surface area contributed by atoms with Crippen LogP contribution in [0.5, 0.6) is 0 Å². The molecule has 1 rings (SSSR count). The van der Waals surface area contributed by atoms with Gasteiger partial charge in [-0.1, -0.05) is 36.4 Å². The fourth-order valence-electron chi connectivity index (χ4n) is 1.97. The monoisotopic (exact) mass is 292 g/mol. The van der Waals surface area contributed by atoms with Crippen LogP contribution in [0.4, 0.5) is 0 Å². The minimum atomic E-state index is -0.325. The van der Waals surface area contributed by atoms with Gasteiger partial charge >= 0.3 is 5.97 Å². The van der Waals surface area contributed by atoms with E-state index >= 15 is 0 Å². The molecule has 0 aliphatic carbocycles. The summed E-state index contributed by atoms with van der Waals surface area (Å²) in [4.78, 5) is 11.5. The van der Waals surface area contributed by atoms with Gasteiger partial charge in [0.25, 0.3) is 0 Å². The van der Waals surface area contributed by atoms with Crippen LogP contribution in [0.25, 0.3) is 0 Å². The van der Waals surface area contributed by atoms with Gasteiger partial charge < -0.3 is 14.2 Å². The van der Waals surface area contributed by atoms with E-state index in [2.05, 4.69) is 12.1 Å². The first-order valence-corrected chi connectivity index (χ1v) is 7.16.